The highest BCUT2D eigenvalue weighted by Crippen LogP contribution is 2.23. The van der Waals surface area contributed by atoms with E-state index in [0.29, 0.717) is 5.92 Å². The molecule has 3 amide bonds. The van der Waals surface area contributed by atoms with Crippen molar-refractivity contribution in [3.63, 3.8) is 0 Å². The summed E-state index contributed by atoms with van der Waals surface area (Å²) >= 11 is 0. The van der Waals surface area contributed by atoms with Crippen LogP contribution in [0.15, 0.2) is 24.3 Å². The topological polar surface area (TPSA) is 131 Å². The Balaban J connectivity index is 1.85. The van der Waals surface area contributed by atoms with Crippen LogP contribution in [-0.2, 0) is 19.6 Å². The Kier molecular flexibility index (Phi) is 7.38. The molecule has 3 N–H and O–H groups in total. The molecule has 0 bridgehead atoms. The molecule has 1 aliphatic carbocycles. The van der Waals surface area contributed by atoms with E-state index in [1.807, 2.05) is 0 Å². The third kappa shape index (κ3) is 6.84. The summed E-state index contributed by atoms with van der Waals surface area (Å²) in [5.74, 6) is -1.32. The molecule has 1 saturated carbocycles. The van der Waals surface area contributed by atoms with E-state index in [-0.39, 0.29) is 17.3 Å². The second-order valence-corrected chi connectivity index (χ2v) is 8.63. The van der Waals surface area contributed by atoms with Gasteiger partial charge in [0.25, 0.3) is 5.91 Å². The van der Waals surface area contributed by atoms with Crippen LogP contribution in [0.3, 0.4) is 0 Å². The quantitative estimate of drug-likeness (QED) is 0.610. The molecular weight excluding hydrogens is 386 g/mol. The lowest BCUT2D eigenvalue weighted by Crippen LogP contribution is -2.48. The molecule has 9 nitrogen and oxygen atoms in total. The summed E-state index contributed by atoms with van der Waals surface area (Å²) in [6.07, 6.45) is 5.00. The second kappa shape index (κ2) is 9.54. The van der Waals surface area contributed by atoms with Gasteiger partial charge in [-0.3, -0.25) is 14.8 Å². The van der Waals surface area contributed by atoms with E-state index in [1.165, 1.54) is 18.2 Å². The highest BCUT2D eigenvalue weighted by atomic mass is 32.2. The maximum absolute atomic E-state index is 12.2. The molecule has 0 spiro atoms. The van der Waals surface area contributed by atoms with E-state index in [2.05, 4.69) is 22.3 Å². The molecule has 28 heavy (non-hydrogen) atoms. The fraction of sp³-hybridized carbons (Fsp3) is 0.500. The van der Waals surface area contributed by atoms with Crippen LogP contribution in [0.4, 0.5) is 10.5 Å². The smallest absolute Gasteiger partial charge is 0.340 e. The van der Waals surface area contributed by atoms with Crippen LogP contribution in [0.5, 0.6) is 0 Å². The molecular formula is C18H25N3O6S. The number of hydrogen-bond donors (Lipinski definition) is 3. The summed E-state index contributed by atoms with van der Waals surface area (Å²) < 4.78 is 29.9. The molecule has 2 rings (SSSR count). The Morgan fingerprint density at radius 1 is 1.14 bits per heavy atom. The maximum Gasteiger partial charge on any atom is 0.340 e. The largest absolute Gasteiger partial charge is 0.452 e. The number of carbonyl (C=O) groups is 3. The minimum atomic E-state index is -3.59. The summed E-state index contributed by atoms with van der Waals surface area (Å²) in [6, 6.07) is 5.23. The van der Waals surface area contributed by atoms with E-state index in [1.54, 1.807) is 6.07 Å². The molecule has 1 aliphatic rings. The van der Waals surface area contributed by atoms with E-state index >= 15 is 0 Å². The monoisotopic (exact) mass is 411 g/mol. The van der Waals surface area contributed by atoms with Crippen molar-refractivity contribution in [2.75, 3.05) is 17.6 Å². The van der Waals surface area contributed by atoms with Crippen LogP contribution in [0.1, 0.15) is 43.0 Å². The summed E-state index contributed by atoms with van der Waals surface area (Å²) in [5.41, 5.74) is 0.000597. The van der Waals surface area contributed by atoms with E-state index in [9.17, 15) is 22.8 Å². The number of carbonyl (C=O) groups excluding carboxylic acids is 3. The van der Waals surface area contributed by atoms with Crippen LogP contribution >= 0.6 is 0 Å². The van der Waals surface area contributed by atoms with Crippen molar-refractivity contribution in [1.29, 1.82) is 0 Å². The van der Waals surface area contributed by atoms with Gasteiger partial charge in [0.05, 0.1) is 17.5 Å². The standard InChI is InChI=1S/C18H25N3O6S/c1-12-7-3-5-9-14(12)19-18(24)20-16(22)11-27-17(23)13-8-4-6-10-15(13)21-28(2,25)26/h4,6,8,10,12,14,21H,3,5,7,9,11H2,1-2H3,(H2,19,20,22,24)/t12-,14+/m0/s1. The number of benzene rings is 1. The number of sulfonamides is 1. The third-order valence-corrected chi connectivity index (χ3v) is 5.05. The van der Waals surface area contributed by atoms with Crippen molar-refractivity contribution in [3.8, 4) is 0 Å². The Labute approximate surface area is 164 Å². The first-order valence-electron chi connectivity index (χ1n) is 9.00. The number of amides is 3. The molecule has 0 radical (unpaired) electrons. The maximum atomic E-state index is 12.2. The van der Waals surface area contributed by atoms with Crippen LogP contribution in [0.2, 0.25) is 0 Å². The van der Waals surface area contributed by atoms with Crippen molar-refractivity contribution < 1.29 is 27.5 Å². The molecule has 0 heterocycles. The zero-order chi connectivity index (χ0) is 20.7. The first kappa shape index (κ1) is 21.7. The number of hydrogen-bond acceptors (Lipinski definition) is 6. The molecule has 1 aromatic carbocycles. The minimum absolute atomic E-state index is 0.0121. The predicted molar refractivity (Wildman–Crippen MR) is 103 cm³/mol. The molecule has 0 unspecified atom stereocenters. The Bertz CT molecular complexity index is 839. The summed E-state index contributed by atoms with van der Waals surface area (Å²) in [4.78, 5) is 36.0. The highest BCUT2D eigenvalue weighted by Gasteiger charge is 2.23. The number of nitrogens with one attached hydrogen (secondary N) is 3. The normalized spacial score (nSPS) is 19.4. The Morgan fingerprint density at radius 3 is 2.50 bits per heavy atom. The van der Waals surface area contributed by atoms with Gasteiger partial charge in [-0.25, -0.2) is 18.0 Å². The number of ether oxygens (including phenoxy) is 1. The lowest BCUT2D eigenvalue weighted by Gasteiger charge is -2.29. The number of rotatable bonds is 6. The zero-order valence-corrected chi connectivity index (χ0v) is 16.7. The molecule has 0 aliphatic heterocycles. The minimum Gasteiger partial charge on any atom is -0.452 e. The van der Waals surface area contributed by atoms with Crippen molar-refractivity contribution >= 4 is 33.6 Å². The van der Waals surface area contributed by atoms with E-state index in [4.69, 9.17) is 4.74 Å². The SMILES string of the molecule is C[C@H]1CCCC[C@H]1NC(=O)NC(=O)COC(=O)c1ccccc1NS(C)(=O)=O. The van der Waals surface area contributed by atoms with Gasteiger partial charge in [-0.05, 0) is 30.9 Å². The number of urea groups is 1. The number of imide groups is 1. The van der Waals surface area contributed by atoms with Gasteiger partial charge in [0, 0.05) is 6.04 Å². The fourth-order valence-electron chi connectivity index (χ4n) is 3.06. The summed E-state index contributed by atoms with van der Waals surface area (Å²) in [7, 11) is -3.59. The van der Waals surface area contributed by atoms with Gasteiger partial charge < -0.3 is 10.1 Å². The van der Waals surface area contributed by atoms with Gasteiger partial charge in [-0.15, -0.1) is 0 Å². The van der Waals surface area contributed by atoms with Crippen molar-refractivity contribution in [1.82, 2.24) is 10.6 Å². The molecule has 1 fully saturated rings. The molecule has 2 atom stereocenters. The Morgan fingerprint density at radius 2 is 1.82 bits per heavy atom. The third-order valence-electron chi connectivity index (χ3n) is 4.46. The highest BCUT2D eigenvalue weighted by molar-refractivity contribution is 7.92. The van der Waals surface area contributed by atoms with Crippen LogP contribution < -0.4 is 15.4 Å². The first-order chi connectivity index (χ1) is 13.2. The summed E-state index contributed by atoms with van der Waals surface area (Å²) in [6.45, 7) is 1.38. The van der Waals surface area contributed by atoms with Crippen LogP contribution in [0, 0.1) is 5.92 Å². The van der Waals surface area contributed by atoms with E-state index in [0.717, 1.165) is 31.9 Å². The van der Waals surface area contributed by atoms with Crippen molar-refractivity contribution in [2.45, 2.75) is 38.6 Å². The molecule has 10 heteroatoms. The molecule has 1 aromatic rings. The zero-order valence-electron chi connectivity index (χ0n) is 15.9. The van der Waals surface area contributed by atoms with Gasteiger partial charge in [0.1, 0.15) is 0 Å². The van der Waals surface area contributed by atoms with Gasteiger partial charge in [-0.1, -0.05) is 31.9 Å². The van der Waals surface area contributed by atoms with Crippen LogP contribution in [0.25, 0.3) is 0 Å². The number of esters is 1. The average molecular weight is 411 g/mol. The first-order valence-corrected chi connectivity index (χ1v) is 10.9. The van der Waals surface area contributed by atoms with Gasteiger partial charge in [0.15, 0.2) is 6.61 Å². The van der Waals surface area contributed by atoms with E-state index < -0.39 is 34.5 Å². The lowest BCUT2D eigenvalue weighted by atomic mass is 9.86. The van der Waals surface area contributed by atoms with Gasteiger partial charge >= 0.3 is 12.0 Å². The number of anilines is 1. The summed E-state index contributed by atoms with van der Waals surface area (Å²) in [5, 5.41) is 4.90. The molecule has 0 saturated heterocycles. The Hall–Kier alpha value is -2.62. The van der Waals surface area contributed by atoms with Crippen molar-refractivity contribution in [3.05, 3.63) is 29.8 Å². The van der Waals surface area contributed by atoms with Gasteiger partial charge in [-0.2, -0.15) is 0 Å². The number of para-hydroxylation sites is 1. The molecule has 154 valence electrons. The average Bonchev–Trinajstić information content (AvgIpc) is 2.60. The van der Waals surface area contributed by atoms with Crippen LogP contribution in [-0.4, -0.2) is 45.2 Å². The van der Waals surface area contributed by atoms with Crippen molar-refractivity contribution in [2.24, 2.45) is 5.92 Å². The second-order valence-electron chi connectivity index (χ2n) is 6.89. The fourth-order valence-corrected chi connectivity index (χ4v) is 3.63. The lowest BCUT2D eigenvalue weighted by molar-refractivity contribution is -0.123. The molecule has 0 aromatic heterocycles. The van der Waals surface area contributed by atoms with Gasteiger partial charge in [0.2, 0.25) is 10.0 Å². The predicted octanol–water partition coefficient (Wildman–Crippen LogP) is 1.62.